The number of halogens is 6. The lowest BCUT2D eigenvalue weighted by molar-refractivity contribution is -0.193. The van der Waals surface area contributed by atoms with Crippen molar-refractivity contribution >= 4 is 23.8 Å². The van der Waals surface area contributed by atoms with Crippen LogP contribution in [0.3, 0.4) is 0 Å². The number of hydrogen-bond donors (Lipinski definition) is 2. The van der Waals surface area contributed by atoms with Gasteiger partial charge in [0.1, 0.15) is 5.69 Å². The van der Waals surface area contributed by atoms with Gasteiger partial charge in [0.15, 0.2) is 0 Å². The molecular formula is C24H24F6N4O6. The van der Waals surface area contributed by atoms with E-state index in [1.165, 1.54) is 0 Å². The fourth-order valence-electron chi connectivity index (χ4n) is 4.10. The first-order valence-corrected chi connectivity index (χ1v) is 11.6. The van der Waals surface area contributed by atoms with Crippen molar-refractivity contribution in [2.24, 2.45) is 0 Å². The maximum Gasteiger partial charge on any atom is 0.490 e. The molecule has 1 spiro atoms. The zero-order chi connectivity index (χ0) is 30.1. The van der Waals surface area contributed by atoms with Crippen molar-refractivity contribution in [1.82, 2.24) is 19.8 Å². The summed E-state index contributed by atoms with van der Waals surface area (Å²) in [6, 6.07) is 9.29. The Kier molecular flexibility index (Phi) is 10.6. The first-order valence-electron chi connectivity index (χ1n) is 11.6. The summed E-state index contributed by atoms with van der Waals surface area (Å²) in [7, 11) is 0. The Hall–Kier alpha value is -4.24. The van der Waals surface area contributed by atoms with Crippen LogP contribution < -0.4 is 0 Å². The number of rotatable bonds is 3. The van der Waals surface area contributed by atoms with Gasteiger partial charge in [0.25, 0.3) is 5.91 Å². The number of piperidine rings is 1. The van der Waals surface area contributed by atoms with Gasteiger partial charge in [-0.2, -0.15) is 26.3 Å². The number of carboxylic acid groups (broad SMARTS) is 2. The van der Waals surface area contributed by atoms with Crippen LogP contribution in [0.4, 0.5) is 26.3 Å². The molecule has 2 saturated heterocycles. The molecule has 0 bridgehead atoms. The number of aromatic nitrogens is 2. The normalized spacial score (nSPS) is 16.4. The Morgan fingerprint density at radius 1 is 0.875 bits per heavy atom. The Balaban J connectivity index is 0.000000333. The summed E-state index contributed by atoms with van der Waals surface area (Å²) in [4.78, 5) is 55.1. The van der Waals surface area contributed by atoms with Gasteiger partial charge in [-0.05, 0) is 43.0 Å². The Morgan fingerprint density at radius 2 is 1.45 bits per heavy atom. The minimum absolute atomic E-state index is 0.0245. The molecule has 2 amide bonds. The predicted octanol–water partition coefficient (Wildman–Crippen LogP) is 3.54. The minimum Gasteiger partial charge on any atom is -0.475 e. The number of nitrogens with zero attached hydrogens (tertiary/aromatic N) is 4. The molecule has 0 atom stereocenters. The van der Waals surface area contributed by atoms with E-state index in [1.807, 2.05) is 40.3 Å². The molecule has 0 unspecified atom stereocenters. The molecule has 4 rings (SSSR count). The first-order chi connectivity index (χ1) is 18.6. The molecule has 2 fully saturated rings. The lowest BCUT2D eigenvalue weighted by Crippen LogP contribution is -2.53. The van der Waals surface area contributed by atoms with E-state index in [1.54, 1.807) is 18.5 Å². The van der Waals surface area contributed by atoms with Crippen LogP contribution in [0.5, 0.6) is 0 Å². The van der Waals surface area contributed by atoms with Crippen LogP contribution in [0.15, 0.2) is 48.9 Å². The number of alkyl halides is 6. The average Bonchev–Trinajstić information content (AvgIpc) is 3.19. The zero-order valence-corrected chi connectivity index (χ0v) is 20.7. The fraction of sp³-hybridized carbons (Fsp3) is 0.417. The molecule has 2 aliphatic heterocycles. The molecule has 0 aliphatic carbocycles. The molecule has 2 aromatic heterocycles. The van der Waals surface area contributed by atoms with Crippen LogP contribution in [-0.4, -0.2) is 84.7 Å². The van der Waals surface area contributed by atoms with Gasteiger partial charge in [0.05, 0.1) is 0 Å². The summed E-state index contributed by atoms with van der Waals surface area (Å²) < 4.78 is 63.5. The minimum atomic E-state index is -5.08. The zero-order valence-electron chi connectivity index (χ0n) is 20.7. The molecule has 16 heteroatoms. The molecule has 40 heavy (non-hydrogen) atoms. The predicted molar refractivity (Wildman–Crippen MR) is 124 cm³/mol. The van der Waals surface area contributed by atoms with Gasteiger partial charge in [0, 0.05) is 50.2 Å². The largest absolute Gasteiger partial charge is 0.490 e. The molecule has 2 aromatic rings. The topological polar surface area (TPSA) is 141 Å². The molecule has 0 saturated carbocycles. The number of pyridine rings is 2. The highest BCUT2D eigenvalue weighted by atomic mass is 19.4. The van der Waals surface area contributed by atoms with Crippen molar-refractivity contribution in [3.63, 3.8) is 0 Å². The van der Waals surface area contributed by atoms with E-state index in [2.05, 4.69) is 9.97 Å². The SMILES string of the molecule is O=C(O)C(F)(F)F.O=C(O)C(F)(F)F.O=C(c1ccccn1)N1CCC2(CCC(=O)N2Cc2cccnc2)CC1. The van der Waals surface area contributed by atoms with E-state index in [4.69, 9.17) is 19.8 Å². The summed E-state index contributed by atoms with van der Waals surface area (Å²) in [6.45, 7) is 1.92. The van der Waals surface area contributed by atoms with Crippen molar-refractivity contribution in [2.75, 3.05) is 13.1 Å². The number of carboxylic acids is 2. The molecule has 10 nitrogen and oxygen atoms in total. The van der Waals surface area contributed by atoms with E-state index >= 15 is 0 Å². The van der Waals surface area contributed by atoms with Gasteiger partial charge in [-0.15, -0.1) is 0 Å². The summed E-state index contributed by atoms with van der Waals surface area (Å²) in [5.41, 5.74) is 1.40. The number of amides is 2. The molecule has 218 valence electrons. The monoisotopic (exact) mass is 578 g/mol. The summed E-state index contributed by atoms with van der Waals surface area (Å²) in [5, 5.41) is 14.2. The van der Waals surface area contributed by atoms with Crippen LogP contribution in [0.2, 0.25) is 0 Å². The van der Waals surface area contributed by atoms with E-state index in [9.17, 15) is 35.9 Å². The van der Waals surface area contributed by atoms with Crippen LogP contribution in [0, 0.1) is 0 Å². The Morgan fingerprint density at radius 3 is 1.90 bits per heavy atom. The van der Waals surface area contributed by atoms with Crippen LogP contribution >= 0.6 is 0 Å². The van der Waals surface area contributed by atoms with Gasteiger partial charge in [-0.1, -0.05) is 12.1 Å². The molecule has 4 heterocycles. The summed E-state index contributed by atoms with van der Waals surface area (Å²) in [5.74, 6) is -5.33. The van der Waals surface area contributed by atoms with E-state index in [0.717, 1.165) is 24.8 Å². The van der Waals surface area contributed by atoms with Crippen molar-refractivity contribution in [3.8, 4) is 0 Å². The second-order valence-electron chi connectivity index (χ2n) is 8.68. The number of hydrogen-bond acceptors (Lipinski definition) is 6. The smallest absolute Gasteiger partial charge is 0.475 e. The average molecular weight is 578 g/mol. The van der Waals surface area contributed by atoms with Crippen LogP contribution in [0.25, 0.3) is 0 Å². The van der Waals surface area contributed by atoms with Gasteiger partial charge < -0.3 is 20.0 Å². The van der Waals surface area contributed by atoms with Gasteiger partial charge in [-0.3, -0.25) is 19.6 Å². The highest BCUT2D eigenvalue weighted by molar-refractivity contribution is 5.92. The van der Waals surface area contributed by atoms with Crippen molar-refractivity contribution in [3.05, 3.63) is 60.2 Å². The number of aliphatic carboxylic acids is 2. The molecule has 2 N–H and O–H groups in total. The third-order valence-electron chi connectivity index (χ3n) is 6.09. The highest BCUT2D eigenvalue weighted by Gasteiger charge is 2.47. The molecule has 2 aliphatic rings. The number of carbonyl (C=O) groups excluding carboxylic acids is 2. The third-order valence-corrected chi connectivity index (χ3v) is 6.09. The molecule has 0 radical (unpaired) electrons. The Labute approximate surface area is 223 Å². The van der Waals surface area contributed by atoms with Gasteiger partial charge >= 0.3 is 24.3 Å². The fourth-order valence-corrected chi connectivity index (χ4v) is 4.10. The highest BCUT2D eigenvalue weighted by Crippen LogP contribution is 2.40. The summed E-state index contributed by atoms with van der Waals surface area (Å²) >= 11 is 0. The van der Waals surface area contributed by atoms with Crippen LogP contribution in [0.1, 0.15) is 41.7 Å². The molecule has 0 aromatic carbocycles. The van der Waals surface area contributed by atoms with E-state index in [-0.39, 0.29) is 17.4 Å². The van der Waals surface area contributed by atoms with E-state index in [0.29, 0.717) is 31.7 Å². The maximum atomic E-state index is 12.6. The molecular weight excluding hydrogens is 554 g/mol. The maximum absolute atomic E-state index is 12.6. The van der Waals surface area contributed by atoms with Crippen LogP contribution in [-0.2, 0) is 20.9 Å². The Bertz CT molecular complexity index is 1150. The second kappa shape index (κ2) is 13.2. The van der Waals surface area contributed by atoms with E-state index < -0.39 is 24.3 Å². The van der Waals surface area contributed by atoms with Gasteiger partial charge in [0.2, 0.25) is 5.91 Å². The standard InChI is InChI=1S/C20H22N4O2.2C2HF3O2/c25-18-6-7-20(24(18)15-16-4-3-10-21-14-16)8-12-23(13-9-20)19(26)17-5-1-2-11-22-17;2*3-2(4,5)1(6)7/h1-5,10-11,14H,6-9,12-13,15H2;2*(H,6,7). The quantitative estimate of drug-likeness (QED) is 0.527. The van der Waals surface area contributed by atoms with Crippen molar-refractivity contribution in [2.45, 2.75) is 50.1 Å². The third kappa shape index (κ3) is 8.91. The first kappa shape index (κ1) is 32.0. The van der Waals surface area contributed by atoms with Crippen molar-refractivity contribution in [1.29, 1.82) is 0 Å². The van der Waals surface area contributed by atoms with Gasteiger partial charge in [-0.25, -0.2) is 9.59 Å². The lowest BCUT2D eigenvalue weighted by atomic mass is 9.84. The number of carbonyl (C=O) groups is 4. The summed E-state index contributed by atoms with van der Waals surface area (Å²) in [6.07, 6.45) is -1.86. The van der Waals surface area contributed by atoms with Crippen molar-refractivity contribution < 1.29 is 55.7 Å². The number of likely N-dealkylation sites (tertiary alicyclic amines) is 2. The second-order valence-corrected chi connectivity index (χ2v) is 8.68. The lowest BCUT2D eigenvalue weighted by Gasteiger charge is -2.45.